The zero-order valence-electron chi connectivity index (χ0n) is 8.22. The fraction of sp³-hybridized carbons (Fsp3) is 0.400. The quantitative estimate of drug-likeness (QED) is 0.706. The average molecular weight is 198 g/mol. The maximum Gasteiger partial charge on any atom is 0.146 e. The van der Waals surface area contributed by atoms with E-state index in [9.17, 15) is 4.39 Å². The summed E-state index contributed by atoms with van der Waals surface area (Å²) in [6.07, 6.45) is 0.816. The lowest BCUT2D eigenvalue weighted by Crippen LogP contribution is -2.09. The van der Waals surface area contributed by atoms with E-state index < -0.39 is 0 Å². The molecule has 1 aromatic rings. The highest BCUT2D eigenvalue weighted by Gasteiger charge is 2.02. The van der Waals surface area contributed by atoms with Crippen LogP contribution in [0.15, 0.2) is 18.2 Å². The monoisotopic (exact) mass is 198 g/mol. The predicted molar refractivity (Wildman–Crippen MR) is 55.1 cm³/mol. The Hall–Kier alpha value is -1.29. The summed E-state index contributed by atoms with van der Waals surface area (Å²) in [5, 5.41) is 2.95. The van der Waals surface area contributed by atoms with E-state index in [1.165, 1.54) is 6.07 Å². The lowest BCUT2D eigenvalue weighted by atomic mass is 10.2. The summed E-state index contributed by atoms with van der Waals surface area (Å²) in [5.74, 6) is 0.365. The van der Waals surface area contributed by atoms with Crippen LogP contribution < -0.4 is 15.8 Å². The largest absolute Gasteiger partial charge is 0.497 e. The van der Waals surface area contributed by atoms with E-state index in [0.717, 1.165) is 6.42 Å². The van der Waals surface area contributed by atoms with Crippen LogP contribution in [-0.2, 0) is 0 Å². The van der Waals surface area contributed by atoms with Gasteiger partial charge in [-0.2, -0.15) is 0 Å². The number of hydrogen-bond donors (Lipinski definition) is 2. The maximum absolute atomic E-state index is 13.2. The summed E-state index contributed by atoms with van der Waals surface area (Å²) in [4.78, 5) is 0. The SMILES string of the molecule is COc1ccc(F)c(NCCCN)c1. The molecule has 0 fully saturated rings. The van der Waals surface area contributed by atoms with Crippen molar-refractivity contribution < 1.29 is 9.13 Å². The van der Waals surface area contributed by atoms with E-state index in [1.54, 1.807) is 19.2 Å². The molecular formula is C10H15FN2O. The molecule has 0 spiro atoms. The summed E-state index contributed by atoms with van der Waals surface area (Å²) in [5.41, 5.74) is 5.78. The van der Waals surface area contributed by atoms with Crippen molar-refractivity contribution in [3.8, 4) is 5.75 Å². The molecule has 0 radical (unpaired) electrons. The number of ether oxygens (including phenoxy) is 1. The molecule has 0 aliphatic carbocycles. The molecule has 0 amide bonds. The van der Waals surface area contributed by atoms with Crippen LogP contribution in [0.1, 0.15) is 6.42 Å². The second-order valence-electron chi connectivity index (χ2n) is 2.91. The summed E-state index contributed by atoms with van der Waals surface area (Å²) >= 11 is 0. The number of hydrogen-bond acceptors (Lipinski definition) is 3. The van der Waals surface area contributed by atoms with Crippen LogP contribution in [-0.4, -0.2) is 20.2 Å². The van der Waals surface area contributed by atoms with E-state index in [4.69, 9.17) is 10.5 Å². The first-order chi connectivity index (χ1) is 6.77. The van der Waals surface area contributed by atoms with Crippen LogP contribution in [0, 0.1) is 5.82 Å². The molecule has 0 saturated carbocycles. The highest BCUT2D eigenvalue weighted by molar-refractivity contribution is 5.49. The Morgan fingerprint density at radius 3 is 2.93 bits per heavy atom. The van der Waals surface area contributed by atoms with Crippen LogP contribution in [0.5, 0.6) is 5.75 Å². The lowest BCUT2D eigenvalue weighted by Gasteiger charge is -2.08. The highest BCUT2D eigenvalue weighted by Crippen LogP contribution is 2.20. The maximum atomic E-state index is 13.2. The van der Waals surface area contributed by atoms with E-state index in [0.29, 0.717) is 24.5 Å². The number of benzene rings is 1. The smallest absolute Gasteiger partial charge is 0.146 e. The van der Waals surface area contributed by atoms with Crippen molar-refractivity contribution in [3.05, 3.63) is 24.0 Å². The van der Waals surface area contributed by atoms with Gasteiger partial charge in [0.25, 0.3) is 0 Å². The van der Waals surface area contributed by atoms with Crippen molar-refractivity contribution in [2.45, 2.75) is 6.42 Å². The number of halogens is 1. The number of anilines is 1. The molecule has 0 aliphatic rings. The molecule has 0 heterocycles. The Kier molecular flexibility index (Phi) is 4.19. The molecule has 1 aromatic carbocycles. The fourth-order valence-electron chi connectivity index (χ4n) is 1.09. The van der Waals surface area contributed by atoms with Gasteiger partial charge in [-0.25, -0.2) is 4.39 Å². The zero-order chi connectivity index (χ0) is 10.4. The van der Waals surface area contributed by atoms with Crippen molar-refractivity contribution in [1.29, 1.82) is 0 Å². The summed E-state index contributed by atoms with van der Waals surface area (Å²) < 4.78 is 18.2. The minimum Gasteiger partial charge on any atom is -0.497 e. The molecule has 14 heavy (non-hydrogen) atoms. The summed E-state index contributed by atoms with van der Waals surface area (Å²) in [6, 6.07) is 4.60. The molecule has 0 atom stereocenters. The van der Waals surface area contributed by atoms with Crippen molar-refractivity contribution in [2.24, 2.45) is 5.73 Å². The second-order valence-corrected chi connectivity index (χ2v) is 2.91. The highest BCUT2D eigenvalue weighted by atomic mass is 19.1. The Balaban J connectivity index is 2.64. The van der Waals surface area contributed by atoms with Gasteiger partial charge in [-0.05, 0) is 25.1 Å². The van der Waals surface area contributed by atoms with E-state index in [2.05, 4.69) is 5.32 Å². The first-order valence-electron chi connectivity index (χ1n) is 4.55. The third-order valence-corrected chi connectivity index (χ3v) is 1.87. The van der Waals surface area contributed by atoms with Gasteiger partial charge in [-0.1, -0.05) is 0 Å². The average Bonchev–Trinajstić information content (AvgIpc) is 2.21. The van der Waals surface area contributed by atoms with E-state index >= 15 is 0 Å². The molecule has 0 saturated heterocycles. The topological polar surface area (TPSA) is 47.3 Å². The molecule has 3 nitrogen and oxygen atoms in total. The van der Waals surface area contributed by atoms with E-state index in [-0.39, 0.29) is 5.82 Å². The molecule has 78 valence electrons. The van der Waals surface area contributed by atoms with Gasteiger partial charge >= 0.3 is 0 Å². The molecular weight excluding hydrogens is 183 g/mol. The van der Waals surface area contributed by atoms with Gasteiger partial charge in [0.1, 0.15) is 11.6 Å². The first kappa shape index (κ1) is 10.8. The third kappa shape index (κ3) is 2.88. The van der Waals surface area contributed by atoms with E-state index in [1.807, 2.05) is 0 Å². The van der Waals surface area contributed by atoms with Gasteiger partial charge in [0.15, 0.2) is 0 Å². The molecule has 0 unspecified atom stereocenters. The van der Waals surface area contributed by atoms with Crippen LogP contribution >= 0.6 is 0 Å². The van der Waals surface area contributed by atoms with Crippen LogP contribution in [0.4, 0.5) is 10.1 Å². The van der Waals surface area contributed by atoms with Crippen molar-refractivity contribution in [3.63, 3.8) is 0 Å². The molecule has 4 heteroatoms. The molecule has 0 aromatic heterocycles. The second kappa shape index (κ2) is 5.44. The van der Waals surface area contributed by atoms with Crippen LogP contribution in [0.2, 0.25) is 0 Å². The van der Waals surface area contributed by atoms with Gasteiger partial charge < -0.3 is 15.8 Å². The number of nitrogens with one attached hydrogen (secondary N) is 1. The van der Waals surface area contributed by atoms with Crippen molar-refractivity contribution in [2.75, 3.05) is 25.5 Å². The van der Waals surface area contributed by atoms with Crippen LogP contribution in [0.25, 0.3) is 0 Å². The summed E-state index contributed by atoms with van der Waals surface area (Å²) in [7, 11) is 1.55. The number of nitrogens with two attached hydrogens (primary N) is 1. The van der Waals surface area contributed by atoms with Crippen molar-refractivity contribution in [1.82, 2.24) is 0 Å². The minimum absolute atomic E-state index is 0.275. The zero-order valence-corrected chi connectivity index (χ0v) is 8.22. The van der Waals surface area contributed by atoms with Gasteiger partial charge in [-0.3, -0.25) is 0 Å². The Labute approximate surface area is 83.1 Å². The Bertz CT molecular complexity index is 291. The number of methoxy groups -OCH3 is 1. The molecule has 1 rings (SSSR count). The molecule has 0 bridgehead atoms. The van der Waals surface area contributed by atoms with Crippen LogP contribution in [0.3, 0.4) is 0 Å². The minimum atomic E-state index is -0.275. The summed E-state index contributed by atoms with van der Waals surface area (Å²) in [6.45, 7) is 1.26. The van der Waals surface area contributed by atoms with Gasteiger partial charge in [0.2, 0.25) is 0 Å². The third-order valence-electron chi connectivity index (χ3n) is 1.87. The lowest BCUT2D eigenvalue weighted by molar-refractivity contribution is 0.414. The Morgan fingerprint density at radius 2 is 2.29 bits per heavy atom. The normalized spacial score (nSPS) is 9.93. The number of rotatable bonds is 5. The van der Waals surface area contributed by atoms with Crippen molar-refractivity contribution >= 4 is 5.69 Å². The van der Waals surface area contributed by atoms with Gasteiger partial charge in [-0.15, -0.1) is 0 Å². The molecule has 3 N–H and O–H groups in total. The predicted octanol–water partition coefficient (Wildman–Crippen LogP) is 1.59. The Morgan fingerprint density at radius 1 is 1.50 bits per heavy atom. The molecule has 0 aliphatic heterocycles. The fourth-order valence-corrected chi connectivity index (χ4v) is 1.09. The standard InChI is InChI=1S/C10H15FN2O/c1-14-8-3-4-9(11)10(7-8)13-6-2-5-12/h3-4,7,13H,2,5-6,12H2,1H3. The van der Waals surface area contributed by atoms with Gasteiger partial charge in [0.05, 0.1) is 12.8 Å². The van der Waals surface area contributed by atoms with Gasteiger partial charge in [0, 0.05) is 12.6 Å². The first-order valence-corrected chi connectivity index (χ1v) is 4.55.